The minimum absolute atomic E-state index is 0.129. The van der Waals surface area contributed by atoms with Crippen molar-refractivity contribution in [2.75, 3.05) is 32.7 Å². The molecule has 1 amide bonds. The number of nitrogens with one attached hydrogen (secondary N) is 1. The lowest BCUT2D eigenvalue weighted by atomic mass is 10.1. The van der Waals surface area contributed by atoms with Crippen molar-refractivity contribution in [3.8, 4) is 0 Å². The predicted molar refractivity (Wildman–Crippen MR) is 126 cm³/mol. The Morgan fingerprint density at radius 1 is 1.06 bits per heavy atom. The molecular formula is C20H21BrCl2N4O3S. The van der Waals surface area contributed by atoms with Crippen LogP contribution in [0.2, 0.25) is 10.0 Å². The molecule has 166 valence electrons. The van der Waals surface area contributed by atoms with Gasteiger partial charge in [0, 0.05) is 30.7 Å². The molecule has 1 aliphatic rings. The number of hydrazone groups is 1. The van der Waals surface area contributed by atoms with E-state index in [1.54, 1.807) is 49.4 Å². The fourth-order valence-corrected chi connectivity index (χ4v) is 5.04. The number of rotatable bonds is 6. The van der Waals surface area contributed by atoms with E-state index in [0.717, 1.165) is 10.0 Å². The molecule has 11 heteroatoms. The SMILES string of the molecule is C/C(=N/NC(=O)CN1CCN(S(=O)(=O)c2ccc(Br)cc2)CC1)c1ccc(Cl)c(Cl)c1. The van der Waals surface area contributed by atoms with Crippen LogP contribution in [0.25, 0.3) is 0 Å². The molecule has 1 fully saturated rings. The van der Waals surface area contributed by atoms with Crippen molar-refractivity contribution in [1.29, 1.82) is 0 Å². The van der Waals surface area contributed by atoms with E-state index < -0.39 is 10.0 Å². The van der Waals surface area contributed by atoms with Crippen LogP contribution in [0.15, 0.2) is 56.9 Å². The van der Waals surface area contributed by atoms with E-state index in [1.807, 2.05) is 4.90 Å². The molecule has 0 saturated carbocycles. The Balaban J connectivity index is 1.51. The molecule has 1 aliphatic heterocycles. The third-order valence-electron chi connectivity index (χ3n) is 4.84. The first kappa shape index (κ1) is 24.2. The zero-order chi connectivity index (χ0) is 22.6. The van der Waals surface area contributed by atoms with Crippen LogP contribution in [0.5, 0.6) is 0 Å². The maximum Gasteiger partial charge on any atom is 0.254 e. The van der Waals surface area contributed by atoms with Gasteiger partial charge in [0.2, 0.25) is 10.0 Å². The van der Waals surface area contributed by atoms with E-state index in [0.29, 0.717) is 41.9 Å². The monoisotopic (exact) mass is 546 g/mol. The third-order valence-corrected chi connectivity index (χ3v) is 8.02. The van der Waals surface area contributed by atoms with E-state index in [9.17, 15) is 13.2 Å². The number of sulfonamides is 1. The molecule has 0 spiro atoms. The lowest BCUT2D eigenvalue weighted by Crippen LogP contribution is -2.50. The minimum atomic E-state index is -3.55. The number of halogens is 3. The van der Waals surface area contributed by atoms with Gasteiger partial charge in [-0.1, -0.05) is 45.2 Å². The summed E-state index contributed by atoms with van der Waals surface area (Å²) in [6, 6.07) is 11.7. The number of carbonyl (C=O) groups is 1. The number of amides is 1. The highest BCUT2D eigenvalue weighted by Crippen LogP contribution is 2.23. The van der Waals surface area contributed by atoms with Crippen LogP contribution in [0.3, 0.4) is 0 Å². The molecule has 2 aromatic carbocycles. The summed E-state index contributed by atoms with van der Waals surface area (Å²) in [5, 5.41) is 4.97. The Morgan fingerprint density at radius 2 is 1.71 bits per heavy atom. The largest absolute Gasteiger partial charge is 0.292 e. The molecule has 0 atom stereocenters. The van der Waals surface area contributed by atoms with Crippen LogP contribution in [-0.4, -0.2) is 62.0 Å². The summed E-state index contributed by atoms with van der Waals surface area (Å²) in [4.78, 5) is 14.4. The van der Waals surface area contributed by atoms with Crippen LogP contribution in [0.4, 0.5) is 0 Å². The first-order chi connectivity index (χ1) is 14.7. The number of carbonyl (C=O) groups excluding carboxylic acids is 1. The number of hydrogen-bond acceptors (Lipinski definition) is 5. The quantitative estimate of drug-likeness (QED) is 0.442. The Morgan fingerprint density at radius 3 is 2.32 bits per heavy atom. The predicted octanol–water partition coefficient (Wildman–Crippen LogP) is 3.60. The van der Waals surface area contributed by atoms with Gasteiger partial charge in [0.1, 0.15) is 0 Å². The molecule has 1 N–H and O–H groups in total. The van der Waals surface area contributed by atoms with Gasteiger partial charge in [0.25, 0.3) is 5.91 Å². The maximum atomic E-state index is 12.8. The molecule has 0 unspecified atom stereocenters. The second-order valence-corrected chi connectivity index (χ2v) is 10.7. The number of benzene rings is 2. The first-order valence-corrected chi connectivity index (χ1v) is 12.4. The Kier molecular flexibility index (Phi) is 8.12. The summed E-state index contributed by atoms with van der Waals surface area (Å²) in [6.07, 6.45) is 0. The molecule has 0 bridgehead atoms. The molecule has 0 aromatic heterocycles. The summed E-state index contributed by atoms with van der Waals surface area (Å²) in [5.74, 6) is -0.274. The van der Waals surface area contributed by atoms with E-state index in [2.05, 4.69) is 26.5 Å². The second kappa shape index (κ2) is 10.4. The summed E-state index contributed by atoms with van der Waals surface area (Å²) in [7, 11) is -3.55. The average Bonchev–Trinajstić information content (AvgIpc) is 2.74. The molecule has 0 radical (unpaired) electrons. The highest BCUT2D eigenvalue weighted by Gasteiger charge is 2.29. The van der Waals surface area contributed by atoms with Gasteiger partial charge >= 0.3 is 0 Å². The van der Waals surface area contributed by atoms with E-state index in [4.69, 9.17) is 23.2 Å². The molecule has 7 nitrogen and oxygen atoms in total. The van der Waals surface area contributed by atoms with Gasteiger partial charge in [-0.05, 0) is 48.9 Å². The number of hydrogen-bond donors (Lipinski definition) is 1. The van der Waals surface area contributed by atoms with E-state index >= 15 is 0 Å². The van der Waals surface area contributed by atoms with Gasteiger partial charge in [-0.3, -0.25) is 9.69 Å². The maximum absolute atomic E-state index is 12.8. The summed E-state index contributed by atoms with van der Waals surface area (Å²) in [5.41, 5.74) is 3.88. The van der Waals surface area contributed by atoms with Crippen molar-refractivity contribution < 1.29 is 13.2 Å². The molecule has 0 aliphatic carbocycles. The molecule has 1 heterocycles. The third kappa shape index (κ3) is 6.27. The Labute approximate surface area is 200 Å². The van der Waals surface area contributed by atoms with Gasteiger partial charge in [-0.25, -0.2) is 13.8 Å². The summed E-state index contributed by atoms with van der Waals surface area (Å²) < 4.78 is 27.8. The zero-order valence-electron chi connectivity index (χ0n) is 16.7. The lowest BCUT2D eigenvalue weighted by molar-refractivity contribution is -0.122. The number of piperazine rings is 1. The highest BCUT2D eigenvalue weighted by molar-refractivity contribution is 9.10. The number of nitrogens with zero attached hydrogens (tertiary/aromatic N) is 3. The summed E-state index contributed by atoms with van der Waals surface area (Å²) >= 11 is 15.2. The Bertz CT molecular complexity index is 1090. The van der Waals surface area contributed by atoms with Gasteiger partial charge in [0.15, 0.2) is 0 Å². The highest BCUT2D eigenvalue weighted by atomic mass is 79.9. The van der Waals surface area contributed by atoms with E-state index in [-0.39, 0.29) is 17.3 Å². The van der Waals surface area contributed by atoms with Crippen molar-refractivity contribution in [1.82, 2.24) is 14.6 Å². The van der Waals surface area contributed by atoms with Crippen LogP contribution >= 0.6 is 39.1 Å². The zero-order valence-corrected chi connectivity index (χ0v) is 20.6. The minimum Gasteiger partial charge on any atom is -0.292 e. The Hall–Kier alpha value is -1.49. The molecule has 2 aromatic rings. The molecule has 3 rings (SSSR count). The molecular weight excluding hydrogens is 527 g/mol. The van der Waals surface area contributed by atoms with E-state index in [1.165, 1.54) is 4.31 Å². The average molecular weight is 548 g/mol. The first-order valence-electron chi connectivity index (χ1n) is 9.43. The van der Waals surface area contributed by atoms with Gasteiger partial charge in [-0.2, -0.15) is 9.41 Å². The molecule has 1 saturated heterocycles. The van der Waals surface area contributed by atoms with Crippen LogP contribution < -0.4 is 5.43 Å². The normalized spacial score (nSPS) is 16.3. The van der Waals surface area contributed by atoms with Gasteiger partial charge < -0.3 is 0 Å². The van der Waals surface area contributed by atoms with Crippen LogP contribution in [0.1, 0.15) is 12.5 Å². The van der Waals surface area contributed by atoms with Crippen molar-refractivity contribution >= 4 is 60.8 Å². The lowest BCUT2D eigenvalue weighted by Gasteiger charge is -2.33. The fraction of sp³-hybridized carbons (Fsp3) is 0.300. The smallest absolute Gasteiger partial charge is 0.254 e. The topological polar surface area (TPSA) is 82.1 Å². The van der Waals surface area contributed by atoms with Crippen LogP contribution in [0, 0.1) is 0 Å². The van der Waals surface area contributed by atoms with Gasteiger partial charge in [0.05, 0.1) is 27.2 Å². The van der Waals surface area contributed by atoms with Crippen molar-refractivity contribution in [2.24, 2.45) is 5.10 Å². The fourth-order valence-electron chi connectivity index (χ4n) is 3.05. The van der Waals surface area contributed by atoms with Crippen molar-refractivity contribution in [3.05, 3.63) is 62.5 Å². The van der Waals surface area contributed by atoms with Crippen molar-refractivity contribution in [3.63, 3.8) is 0 Å². The standard InChI is InChI=1S/C20H21BrCl2N4O3S/c1-14(15-2-7-18(22)19(23)12-15)24-25-20(28)13-26-8-10-27(11-9-26)31(29,30)17-5-3-16(21)4-6-17/h2-7,12H,8-11,13H2,1H3,(H,25,28)/b24-14-. The second-order valence-electron chi connectivity index (χ2n) is 7.00. The van der Waals surface area contributed by atoms with Gasteiger partial charge in [-0.15, -0.1) is 0 Å². The van der Waals surface area contributed by atoms with Crippen LogP contribution in [-0.2, 0) is 14.8 Å². The van der Waals surface area contributed by atoms with Crippen molar-refractivity contribution in [2.45, 2.75) is 11.8 Å². The summed E-state index contributed by atoms with van der Waals surface area (Å²) in [6.45, 7) is 3.43. The molecule has 31 heavy (non-hydrogen) atoms.